The van der Waals surface area contributed by atoms with Crippen LogP contribution in [0.1, 0.15) is 37.9 Å². The summed E-state index contributed by atoms with van der Waals surface area (Å²) in [6.45, 7) is 5.94. The first-order valence-electron chi connectivity index (χ1n) is 7.23. The standard InChI is InChI=1S/C16H17F3N4O/c1-15(2,3)11-7-8-13(23-22-11)21-14(24)9-10-5-4-6-12(20-10)16(17,18)19/h4-8H,9H2,1-3H3,(H,21,23,24). The van der Waals surface area contributed by atoms with Crippen molar-refractivity contribution in [3.05, 3.63) is 47.4 Å². The Morgan fingerprint density at radius 1 is 1.04 bits per heavy atom. The van der Waals surface area contributed by atoms with Gasteiger partial charge in [-0.1, -0.05) is 26.8 Å². The van der Waals surface area contributed by atoms with Crippen LogP contribution < -0.4 is 5.32 Å². The van der Waals surface area contributed by atoms with Crippen molar-refractivity contribution in [2.75, 3.05) is 5.32 Å². The summed E-state index contributed by atoms with van der Waals surface area (Å²) in [5, 5.41) is 10.4. The largest absolute Gasteiger partial charge is 0.433 e. The first-order valence-corrected chi connectivity index (χ1v) is 7.23. The average molecular weight is 338 g/mol. The second kappa shape index (κ2) is 6.54. The summed E-state index contributed by atoms with van der Waals surface area (Å²) in [6, 6.07) is 6.79. The van der Waals surface area contributed by atoms with Gasteiger partial charge in [-0.25, -0.2) is 4.98 Å². The van der Waals surface area contributed by atoms with Gasteiger partial charge in [0.05, 0.1) is 17.8 Å². The molecule has 0 aromatic carbocycles. The molecule has 0 radical (unpaired) electrons. The number of aromatic nitrogens is 3. The highest BCUT2D eigenvalue weighted by molar-refractivity contribution is 5.91. The number of carbonyl (C=O) groups is 1. The number of nitrogens with zero attached hydrogens (tertiary/aromatic N) is 3. The van der Waals surface area contributed by atoms with Crippen LogP contribution in [0.3, 0.4) is 0 Å². The number of hydrogen-bond donors (Lipinski definition) is 1. The molecule has 0 bridgehead atoms. The molecule has 8 heteroatoms. The monoisotopic (exact) mass is 338 g/mol. The summed E-state index contributed by atoms with van der Waals surface area (Å²) in [5.74, 6) is -0.278. The zero-order valence-corrected chi connectivity index (χ0v) is 13.5. The van der Waals surface area contributed by atoms with E-state index in [1.807, 2.05) is 20.8 Å². The summed E-state index contributed by atoms with van der Waals surface area (Å²) in [6.07, 6.45) is -4.83. The number of rotatable bonds is 3. The first-order chi connectivity index (χ1) is 11.1. The molecule has 0 saturated heterocycles. The van der Waals surface area contributed by atoms with Gasteiger partial charge in [0, 0.05) is 5.41 Å². The summed E-state index contributed by atoms with van der Waals surface area (Å²) < 4.78 is 37.8. The van der Waals surface area contributed by atoms with Crippen LogP contribution in [0, 0.1) is 0 Å². The number of carbonyl (C=O) groups excluding carboxylic acids is 1. The summed E-state index contributed by atoms with van der Waals surface area (Å²) in [5.41, 5.74) is -0.402. The third kappa shape index (κ3) is 4.74. The molecule has 0 atom stereocenters. The second-order valence-electron chi connectivity index (χ2n) is 6.29. The molecule has 24 heavy (non-hydrogen) atoms. The fraction of sp³-hybridized carbons (Fsp3) is 0.375. The van der Waals surface area contributed by atoms with E-state index in [1.54, 1.807) is 12.1 Å². The topological polar surface area (TPSA) is 67.8 Å². The highest BCUT2D eigenvalue weighted by Gasteiger charge is 2.32. The SMILES string of the molecule is CC(C)(C)c1ccc(NC(=O)Cc2cccc(C(F)(F)F)n2)nn1. The first kappa shape index (κ1) is 17.8. The third-order valence-corrected chi connectivity index (χ3v) is 3.14. The number of alkyl halides is 3. The Hall–Kier alpha value is -2.51. The van der Waals surface area contributed by atoms with Gasteiger partial charge in [0.15, 0.2) is 5.82 Å². The molecule has 0 spiro atoms. The highest BCUT2D eigenvalue weighted by Crippen LogP contribution is 2.27. The number of pyridine rings is 1. The molecule has 2 heterocycles. The molecular weight excluding hydrogens is 321 g/mol. The lowest BCUT2D eigenvalue weighted by atomic mass is 9.92. The Balaban J connectivity index is 2.03. The van der Waals surface area contributed by atoms with E-state index in [4.69, 9.17) is 0 Å². The van der Waals surface area contributed by atoms with Gasteiger partial charge < -0.3 is 5.32 Å². The fourth-order valence-corrected chi connectivity index (χ4v) is 1.89. The maximum absolute atomic E-state index is 12.6. The minimum atomic E-state index is -4.54. The van der Waals surface area contributed by atoms with E-state index in [9.17, 15) is 18.0 Å². The van der Waals surface area contributed by atoms with Crippen molar-refractivity contribution in [2.24, 2.45) is 0 Å². The van der Waals surface area contributed by atoms with E-state index in [0.29, 0.717) is 0 Å². The van der Waals surface area contributed by atoms with Gasteiger partial charge in [0.2, 0.25) is 5.91 Å². The zero-order chi connectivity index (χ0) is 18.0. The number of hydrogen-bond acceptors (Lipinski definition) is 4. The summed E-state index contributed by atoms with van der Waals surface area (Å²) in [4.78, 5) is 15.4. The molecule has 0 unspecified atom stereocenters. The quantitative estimate of drug-likeness (QED) is 0.932. The molecule has 0 aliphatic rings. The molecule has 128 valence electrons. The molecule has 2 aromatic heterocycles. The highest BCUT2D eigenvalue weighted by atomic mass is 19.4. The Morgan fingerprint density at radius 2 is 1.75 bits per heavy atom. The van der Waals surface area contributed by atoms with Gasteiger partial charge in [0.1, 0.15) is 5.69 Å². The van der Waals surface area contributed by atoms with Gasteiger partial charge >= 0.3 is 6.18 Å². The normalized spacial score (nSPS) is 12.1. The van der Waals surface area contributed by atoms with E-state index in [0.717, 1.165) is 11.8 Å². The van der Waals surface area contributed by atoms with Crippen LogP contribution in [0.5, 0.6) is 0 Å². The van der Waals surface area contributed by atoms with Gasteiger partial charge in [0.25, 0.3) is 0 Å². The van der Waals surface area contributed by atoms with Crippen LogP contribution in [-0.2, 0) is 22.8 Å². The summed E-state index contributed by atoms with van der Waals surface area (Å²) in [7, 11) is 0. The number of anilines is 1. The van der Waals surface area contributed by atoms with Gasteiger partial charge in [-0.15, -0.1) is 5.10 Å². The Bertz CT molecular complexity index is 721. The minimum Gasteiger partial charge on any atom is -0.309 e. The molecule has 5 nitrogen and oxygen atoms in total. The lowest BCUT2D eigenvalue weighted by Gasteiger charge is -2.16. The van der Waals surface area contributed by atoms with Crippen molar-refractivity contribution in [3.63, 3.8) is 0 Å². The Labute approximate surface area is 137 Å². The predicted octanol–water partition coefficient (Wildman–Crippen LogP) is 3.37. The lowest BCUT2D eigenvalue weighted by Crippen LogP contribution is -2.19. The number of amides is 1. The molecule has 0 aliphatic heterocycles. The third-order valence-electron chi connectivity index (χ3n) is 3.14. The van der Waals surface area contributed by atoms with Crippen molar-refractivity contribution >= 4 is 11.7 Å². The van der Waals surface area contributed by atoms with Gasteiger partial charge in [-0.05, 0) is 24.3 Å². The van der Waals surface area contributed by atoms with Crippen LogP contribution in [0.2, 0.25) is 0 Å². The van der Waals surface area contributed by atoms with Crippen molar-refractivity contribution < 1.29 is 18.0 Å². The molecule has 2 aromatic rings. The smallest absolute Gasteiger partial charge is 0.309 e. The van der Waals surface area contributed by atoms with E-state index >= 15 is 0 Å². The van der Waals surface area contributed by atoms with Crippen LogP contribution in [0.15, 0.2) is 30.3 Å². The molecule has 1 N–H and O–H groups in total. The average Bonchev–Trinajstić information content (AvgIpc) is 2.46. The van der Waals surface area contributed by atoms with E-state index in [2.05, 4.69) is 20.5 Å². The maximum atomic E-state index is 12.6. The van der Waals surface area contributed by atoms with Crippen LogP contribution in [0.4, 0.5) is 19.0 Å². The predicted molar refractivity (Wildman–Crippen MR) is 82.3 cm³/mol. The molecule has 0 aliphatic carbocycles. The molecule has 0 saturated carbocycles. The summed E-state index contributed by atoms with van der Waals surface area (Å²) >= 11 is 0. The van der Waals surface area contributed by atoms with E-state index in [-0.39, 0.29) is 23.3 Å². The molecule has 0 fully saturated rings. The minimum absolute atomic E-state index is 0.0293. The van der Waals surface area contributed by atoms with Crippen molar-refractivity contribution in [2.45, 2.75) is 38.8 Å². The maximum Gasteiger partial charge on any atom is 0.433 e. The van der Waals surface area contributed by atoms with Crippen molar-refractivity contribution in [1.82, 2.24) is 15.2 Å². The van der Waals surface area contributed by atoms with Gasteiger partial charge in [-0.2, -0.15) is 18.3 Å². The van der Waals surface area contributed by atoms with Gasteiger partial charge in [-0.3, -0.25) is 4.79 Å². The second-order valence-corrected chi connectivity index (χ2v) is 6.29. The van der Waals surface area contributed by atoms with Crippen LogP contribution in [-0.4, -0.2) is 21.1 Å². The van der Waals surface area contributed by atoms with Crippen molar-refractivity contribution in [3.8, 4) is 0 Å². The van der Waals surface area contributed by atoms with Crippen LogP contribution in [0.25, 0.3) is 0 Å². The van der Waals surface area contributed by atoms with Crippen molar-refractivity contribution in [1.29, 1.82) is 0 Å². The van der Waals surface area contributed by atoms with E-state index in [1.165, 1.54) is 12.1 Å². The van der Waals surface area contributed by atoms with Crippen LogP contribution >= 0.6 is 0 Å². The lowest BCUT2D eigenvalue weighted by molar-refractivity contribution is -0.141. The number of nitrogens with one attached hydrogen (secondary N) is 1. The molecule has 2 rings (SSSR count). The fourth-order valence-electron chi connectivity index (χ4n) is 1.89. The Kier molecular flexibility index (Phi) is 4.86. The molecule has 1 amide bonds. The van der Waals surface area contributed by atoms with E-state index < -0.39 is 17.8 Å². The molecular formula is C16H17F3N4O. The Morgan fingerprint density at radius 3 is 2.29 bits per heavy atom. The number of halogens is 3. The zero-order valence-electron chi connectivity index (χ0n) is 13.5.